The van der Waals surface area contributed by atoms with Crippen LogP contribution in [0.15, 0.2) is 0 Å². The molecule has 0 saturated carbocycles. The molecule has 0 aliphatic heterocycles. The molecular formula is C44H88NO8P. The van der Waals surface area contributed by atoms with Crippen LogP contribution in [-0.2, 0) is 32.7 Å². The minimum atomic E-state index is -4.61. The molecule has 0 fully saturated rings. The predicted molar refractivity (Wildman–Crippen MR) is 222 cm³/mol. The van der Waals surface area contributed by atoms with Gasteiger partial charge < -0.3 is 27.9 Å². The zero-order valence-electron chi connectivity index (χ0n) is 36.2. The highest BCUT2D eigenvalue weighted by Gasteiger charge is 2.21. The van der Waals surface area contributed by atoms with Gasteiger partial charge >= 0.3 is 11.9 Å². The number of rotatable bonds is 42. The number of carbonyl (C=O) groups is 2. The molecule has 0 amide bonds. The van der Waals surface area contributed by atoms with Gasteiger partial charge in [0.15, 0.2) is 6.10 Å². The molecule has 54 heavy (non-hydrogen) atoms. The van der Waals surface area contributed by atoms with Gasteiger partial charge in [-0.1, -0.05) is 194 Å². The van der Waals surface area contributed by atoms with Gasteiger partial charge in [0.2, 0.25) is 0 Å². The van der Waals surface area contributed by atoms with Gasteiger partial charge in [-0.3, -0.25) is 14.2 Å². The fraction of sp³-hybridized carbons (Fsp3) is 0.955. The summed E-state index contributed by atoms with van der Waals surface area (Å²) in [6.45, 7) is 4.26. The van der Waals surface area contributed by atoms with Crippen LogP contribution in [0.5, 0.6) is 0 Å². The average molecular weight is 790 g/mol. The lowest BCUT2D eigenvalue weighted by Crippen LogP contribution is -2.37. The molecule has 0 aromatic rings. The Hall–Kier alpha value is -0.990. The highest BCUT2D eigenvalue weighted by Crippen LogP contribution is 2.38. The van der Waals surface area contributed by atoms with E-state index in [-0.39, 0.29) is 32.0 Å². The van der Waals surface area contributed by atoms with Crippen molar-refractivity contribution in [3.8, 4) is 0 Å². The van der Waals surface area contributed by atoms with E-state index in [2.05, 4.69) is 13.8 Å². The zero-order valence-corrected chi connectivity index (χ0v) is 37.1. The molecule has 0 radical (unpaired) electrons. The second-order valence-corrected chi connectivity index (χ2v) is 18.2. The number of quaternary nitrogens is 1. The smallest absolute Gasteiger partial charge is 0.306 e. The maximum absolute atomic E-state index is 12.6. The number of likely N-dealkylation sites (N-methyl/N-ethyl adjacent to an activating group) is 1. The summed E-state index contributed by atoms with van der Waals surface area (Å²) >= 11 is 0. The van der Waals surface area contributed by atoms with Gasteiger partial charge in [0, 0.05) is 12.8 Å². The Labute approximate surface area is 334 Å². The molecular weight excluding hydrogens is 701 g/mol. The number of nitrogens with zero attached hydrogens (tertiary/aromatic N) is 1. The molecule has 0 bridgehead atoms. The molecule has 0 heterocycles. The lowest BCUT2D eigenvalue weighted by Gasteiger charge is -2.28. The van der Waals surface area contributed by atoms with Crippen LogP contribution in [0.3, 0.4) is 0 Å². The average Bonchev–Trinajstić information content (AvgIpc) is 3.12. The van der Waals surface area contributed by atoms with Crippen LogP contribution in [0.25, 0.3) is 0 Å². The Morgan fingerprint density at radius 1 is 0.500 bits per heavy atom. The molecule has 322 valence electrons. The predicted octanol–water partition coefficient (Wildman–Crippen LogP) is 12.2. The number of phosphoric ester groups is 1. The minimum absolute atomic E-state index is 0.0257. The third kappa shape index (κ3) is 40.7. The van der Waals surface area contributed by atoms with Crippen LogP contribution in [0, 0.1) is 0 Å². The van der Waals surface area contributed by atoms with E-state index in [0.29, 0.717) is 17.4 Å². The molecule has 2 atom stereocenters. The van der Waals surface area contributed by atoms with Crippen LogP contribution in [0.2, 0.25) is 0 Å². The van der Waals surface area contributed by atoms with Crippen LogP contribution >= 0.6 is 7.82 Å². The monoisotopic (exact) mass is 790 g/mol. The number of ether oxygens (including phenoxy) is 2. The standard InChI is InChI=1S/C44H88NO8P/c1-6-8-10-12-14-16-18-20-21-22-23-24-25-27-28-30-32-34-36-43(46)50-40-42(41-52-54(48,49)51-39-38-45(3,4)5)53-44(47)37-35-33-31-29-26-19-17-15-13-11-9-7-2/h42H,6-41H2,1-5H3. The number of hydrogen-bond donors (Lipinski definition) is 0. The molecule has 0 spiro atoms. The molecule has 0 aliphatic rings. The summed E-state index contributed by atoms with van der Waals surface area (Å²) in [6, 6.07) is 0. The van der Waals surface area contributed by atoms with Crippen molar-refractivity contribution in [1.82, 2.24) is 0 Å². The molecule has 10 heteroatoms. The fourth-order valence-electron chi connectivity index (χ4n) is 6.54. The Morgan fingerprint density at radius 3 is 1.19 bits per heavy atom. The van der Waals surface area contributed by atoms with E-state index in [9.17, 15) is 19.0 Å². The van der Waals surface area contributed by atoms with Crippen molar-refractivity contribution in [1.29, 1.82) is 0 Å². The summed E-state index contributed by atoms with van der Waals surface area (Å²) in [7, 11) is 1.18. The summed E-state index contributed by atoms with van der Waals surface area (Å²) in [5.41, 5.74) is 0. The summed E-state index contributed by atoms with van der Waals surface area (Å²) in [5, 5.41) is 0. The number of unbranched alkanes of at least 4 members (excludes halogenated alkanes) is 28. The van der Waals surface area contributed by atoms with E-state index in [0.717, 1.165) is 32.1 Å². The topological polar surface area (TPSA) is 111 Å². The van der Waals surface area contributed by atoms with Crippen LogP contribution < -0.4 is 4.89 Å². The van der Waals surface area contributed by atoms with E-state index in [4.69, 9.17) is 18.5 Å². The molecule has 0 aromatic carbocycles. The normalized spacial score (nSPS) is 13.5. The van der Waals surface area contributed by atoms with E-state index in [1.807, 2.05) is 21.1 Å². The largest absolute Gasteiger partial charge is 0.756 e. The van der Waals surface area contributed by atoms with Gasteiger partial charge in [-0.25, -0.2) is 0 Å². The second-order valence-electron chi connectivity index (χ2n) is 16.8. The Balaban J connectivity index is 4.25. The van der Waals surface area contributed by atoms with Gasteiger partial charge in [-0.2, -0.15) is 0 Å². The van der Waals surface area contributed by atoms with E-state index in [1.165, 1.54) is 154 Å². The van der Waals surface area contributed by atoms with Gasteiger partial charge in [-0.15, -0.1) is 0 Å². The second kappa shape index (κ2) is 37.6. The number of esters is 2. The molecule has 0 aromatic heterocycles. The quantitative estimate of drug-likeness (QED) is 0.0260. The summed E-state index contributed by atoms with van der Waals surface area (Å²) in [4.78, 5) is 37.5. The number of carbonyl (C=O) groups excluding carboxylic acids is 2. The van der Waals surface area contributed by atoms with Crippen molar-refractivity contribution >= 4 is 19.8 Å². The summed E-state index contributed by atoms with van der Waals surface area (Å²) < 4.78 is 33.9. The molecule has 0 aliphatic carbocycles. The summed E-state index contributed by atoms with van der Waals surface area (Å²) in [6.07, 6.45) is 37.0. The molecule has 0 saturated heterocycles. The maximum atomic E-state index is 12.6. The van der Waals surface area contributed by atoms with Crippen LogP contribution in [0.1, 0.15) is 219 Å². The van der Waals surface area contributed by atoms with Crippen molar-refractivity contribution < 1.29 is 42.1 Å². The molecule has 2 unspecified atom stereocenters. The highest BCUT2D eigenvalue weighted by molar-refractivity contribution is 7.45. The minimum Gasteiger partial charge on any atom is -0.756 e. The van der Waals surface area contributed by atoms with Gasteiger partial charge in [0.25, 0.3) is 7.82 Å². The summed E-state index contributed by atoms with van der Waals surface area (Å²) in [5.74, 6) is -0.820. The van der Waals surface area contributed by atoms with Crippen LogP contribution in [0.4, 0.5) is 0 Å². The molecule has 0 rings (SSSR count). The first-order valence-corrected chi connectivity index (χ1v) is 24.2. The Morgan fingerprint density at radius 2 is 0.833 bits per heavy atom. The van der Waals surface area contributed by atoms with Crippen molar-refractivity contribution in [2.45, 2.75) is 225 Å². The lowest BCUT2D eigenvalue weighted by atomic mass is 10.0. The van der Waals surface area contributed by atoms with E-state index >= 15 is 0 Å². The third-order valence-corrected chi connectivity index (χ3v) is 11.1. The number of hydrogen-bond acceptors (Lipinski definition) is 8. The lowest BCUT2D eigenvalue weighted by molar-refractivity contribution is -0.870. The van der Waals surface area contributed by atoms with Gasteiger partial charge in [-0.05, 0) is 12.8 Å². The first-order valence-electron chi connectivity index (χ1n) is 22.7. The molecule has 9 nitrogen and oxygen atoms in total. The molecule has 0 N–H and O–H groups in total. The Bertz CT molecular complexity index is 896. The number of phosphoric acid groups is 1. The van der Waals surface area contributed by atoms with Crippen LogP contribution in [-0.4, -0.2) is 70.0 Å². The van der Waals surface area contributed by atoms with Gasteiger partial charge in [0.1, 0.15) is 19.8 Å². The van der Waals surface area contributed by atoms with E-state index < -0.39 is 26.5 Å². The SMILES string of the molecule is CCCCCCCCCCCCCCCCCCCCC(=O)OCC(COP(=O)([O-])OCC[N+](C)(C)C)OC(=O)CCCCCCCCCCCCCC. The first-order chi connectivity index (χ1) is 26.0. The fourth-order valence-corrected chi connectivity index (χ4v) is 7.27. The van der Waals surface area contributed by atoms with Crippen molar-refractivity contribution in [2.24, 2.45) is 0 Å². The Kier molecular flexibility index (Phi) is 36.9. The van der Waals surface area contributed by atoms with Gasteiger partial charge in [0.05, 0.1) is 27.7 Å². The third-order valence-electron chi connectivity index (χ3n) is 10.1. The zero-order chi connectivity index (χ0) is 40.0. The van der Waals surface area contributed by atoms with E-state index in [1.54, 1.807) is 0 Å². The first kappa shape index (κ1) is 53.0. The van der Waals surface area contributed by atoms with Crippen molar-refractivity contribution in [2.75, 3.05) is 47.5 Å². The maximum Gasteiger partial charge on any atom is 0.306 e. The highest BCUT2D eigenvalue weighted by atomic mass is 31.2. The van der Waals surface area contributed by atoms with Crippen molar-refractivity contribution in [3.63, 3.8) is 0 Å². The van der Waals surface area contributed by atoms with Crippen molar-refractivity contribution in [3.05, 3.63) is 0 Å².